The van der Waals surface area contributed by atoms with E-state index in [0.717, 1.165) is 36.7 Å². The number of nitrogens with zero attached hydrogens (tertiary/aromatic N) is 4. The van der Waals surface area contributed by atoms with E-state index in [9.17, 15) is 0 Å². The standard InChI is InChI=1S/C19H20N4OS/c1-2-14-12-18(22-19(21-14)15-6-3-4-8-20-15)23-9-10-24-16(13-23)17-7-5-11-25-17/h3-8,11-12,16H,2,9-10,13H2,1H3. The van der Waals surface area contributed by atoms with Crippen molar-refractivity contribution in [1.29, 1.82) is 0 Å². The summed E-state index contributed by atoms with van der Waals surface area (Å²) in [5.74, 6) is 1.64. The Morgan fingerprint density at radius 1 is 1.24 bits per heavy atom. The topological polar surface area (TPSA) is 51.1 Å². The van der Waals surface area contributed by atoms with Crippen molar-refractivity contribution in [3.63, 3.8) is 0 Å². The maximum absolute atomic E-state index is 5.96. The molecule has 0 amide bonds. The second-order valence-corrected chi connectivity index (χ2v) is 6.91. The van der Waals surface area contributed by atoms with Crippen LogP contribution in [0.2, 0.25) is 0 Å². The van der Waals surface area contributed by atoms with Gasteiger partial charge in [0, 0.05) is 29.4 Å². The first-order valence-corrected chi connectivity index (χ1v) is 9.41. The third kappa shape index (κ3) is 3.55. The third-order valence-electron chi connectivity index (χ3n) is 4.27. The Labute approximate surface area is 151 Å². The second-order valence-electron chi connectivity index (χ2n) is 5.93. The van der Waals surface area contributed by atoms with Crippen molar-refractivity contribution in [1.82, 2.24) is 15.0 Å². The molecule has 1 atom stereocenters. The van der Waals surface area contributed by atoms with E-state index < -0.39 is 0 Å². The summed E-state index contributed by atoms with van der Waals surface area (Å²) < 4.78 is 5.96. The van der Waals surface area contributed by atoms with E-state index in [2.05, 4.69) is 45.4 Å². The Kier molecular flexibility index (Phi) is 4.72. The van der Waals surface area contributed by atoms with Crippen LogP contribution in [0.1, 0.15) is 23.6 Å². The third-order valence-corrected chi connectivity index (χ3v) is 5.24. The van der Waals surface area contributed by atoms with Gasteiger partial charge in [-0.3, -0.25) is 4.98 Å². The van der Waals surface area contributed by atoms with Gasteiger partial charge in [-0.1, -0.05) is 19.1 Å². The van der Waals surface area contributed by atoms with Gasteiger partial charge in [0.15, 0.2) is 5.82 Å². The number of ether oxygens (including phenoxy) is 1. The van der Waals surface area contributed by atoms with Gasteiger partial charge >= 0.3 is 0 Å². The average Bonchev–Trinajstić information content (AvgIpc) is 3.23. The number of hydrogen-bond acceptors (Lipinski definition) is 6. The summed E-state index contributed by atoms with van der Waals surface area (Å²) >= 11 is 1.74. The SMILES string of the molecule is CCc1cc(N2CCOC(c3cccs3)C2)nc(-c2ccccn2)n1. The maximum Gasteiger partial charge on any atom is 0.180 e. The summed E-state index contributed by atoms with van der Waals surface area (Å²) in [6, 6.07) is 12.1. The molecule has 4 rings (SSSR count). The molecule has 1 fully saturated rings. The molecule has 5 nitrogen and oxygen atoms in total. The van der Waals surface area contributed by atoms with Crippen molar-refractivity contribution in [3.05, 3.63) is 58.5 Å². The largest absolute Gasteiger partial charge is 0.369 e. The van der Waals surface area contributed by atoms with Crippen LogP contribution in [0.3, 0.4) is 0 Å². The zero-order chi connectivity index (χ0) is 17.1. The lowest BCUT2D eigenvalue weighted by Crippen LogP contribution is -2.38. The maximum atomic E-state index is 5.96. The van der Waals surface area contributed by atoms with Crippen LogP contribution in [0, 0.1) is 0 Å². The lowest BCUT2D eigenvalue weighted by molar-refractivity contribution is 0.0418. The van der Waals surface area contributed by atoms with Gasteiger partial charge in [-0.2, -0.15) is 0 Å². The van der Waals surface area contributed by atoms with Crippen molar-refractivity contribution in [3.8, 4) is 11.5 Å². The number of anilines is 1. The molecule has 1 unspecified atom stereocenters. The van der Waals surface area contributed by atoms with E-state index >= 15 is 0 Å². The molecule has 3 aromatic heterocycles. The molecule has 1 aliphatic heterocycles. The fraction of sp³-hybridized carbons (Fsp3) is 0.316. The van der Waals surface area contributed by atoms with E-state index in [-0.39, 0.29) is 6.10 Å². The summed E-state index contributed by atoms with van der Waals surface area (Å²) in [6.07, 6.45) is 2.75. The summed E-state index contributed by atoms with van der Waals surface area (Å²) in [5, 5.41) is 2.09. The Bertz CT molecular complexity index is 823. The minimum atomic E-state index is 0.104. The number of morpholine rings is 1. The average molecular weight is 352 g/mol. The van der Waals surface area contributed by atoms with E-state index in [4.69, 9.17) is 9.72 Å². The van der Waals surface area contributed by atoms with Gasteiger partial charge in [0.1, 0.15) is 17.6 Å². The van der Waals surface area contributed by atoms with Gasteiger partial charge in [0.05, 0.1) is 13.2 Å². The van der Waals surface area contributed by atoms with Crippen LogP contribution in [-0.2, 0) is 11.2 Å². The van der Waals surface area contributed by atoms with Gasteiger partial charge < -0.3 is 9.64 Å². The smallest absolute Gasteiger partial charge is 0.180 e. The van der Waals surface area contributed by atoms with Gasteiger partial charge in [-0.05, 0) is 30.0 Å². The monoisotopic (exact) mass is 352 g/mol. The zero-order valence-corrected chi connectivity index (χ0v) is 14.9. The van der Waals surface area contributed by atoms with Crippen LogP contribution in [-0.4, -0.2) is 34.6 Å². The molecule has 0 N–H and O–H groups in total. The molecular weight excluding hydrogens is 332 g/mol. The number of aryl methyl sites for hydroxylation is 1. The zero-order valence-electron chi connectivity index (χ0n) is 14.1. The highest BCUT2D eigenvalue weighted by atomic mass is 32.1. The molecule has 6 heteroatoms. The lowest BCUT2D eigenvalue weighted by atomic mass is 10.2. The molecule has 3 aromatic rings. The number of aromatic nitrogens is 3. The molecule has 0 saturated carbocycles. The predicted molar refractivity (Wildman–Crippen MR) is 99.9 cm³/mol. The van der Waals surface area contributed by atoms with E-state index in [1.54, 1.807) is 17.5 Å². The fourth-order valence-corrected chi connectivity index (χ4v) is 3.71. The molecule has 25 heavy (non-hydrogen) atoms. The molecule has 128 valence electrons. The Morgan fingerprint density at radius 3 is 2.96 bits per heavy atom. The van der Waals surface area contributed by atoms with Gasteiger partial charge in [-0.25, -0.2) is 9.97 Å². The first-order valence-electron chi connectivity index (χ1n) is 8.53. The minimum Gasteiger partial charge on any atom is -0.369 e. The molecule has 0 bridgehead atoms. The number of thiophene rings is 1. The van der Waals surface area contributed by atoms with Crippen LogP contribution in [0.25, 0.3) is 11.5 Å². The van der Waals surface area contributed by atoms with Gasteiger partial charge in [0.2, 0.25) is 0 Å². The summed E-state index contributed by atoms with van der Waals surface area (Å²) in [5.41, 5.74) is 1.84. The highest BCUT2D eigenvalue weighted by Gasteiger charge is 2.24. The van der Waals surface area contributed by atoms with E-state index in [0.29, 0.717) is 12.4 Å². The Hall–Kier alpha value is -2.31. The quantitative estimate of drug-likeness (QED) is 0.716. The normalized spacial score (nSPS) is 17.6. The van der Waals surface area contributed by atoms with Crippen LogP contribution >= 0.6 is 11.3 Å². The molecule has 0 aliphatic carbocycles. The van der Waals surface area contributed by atoms with Crippen LogP contribution in [0.15, 0.2) is 48.0 Å². The van der Waals surface area contributed by atoms with Crippen molar-refractivity contribution < 1.29 is 4.74 Å². The summed E-state index contributed by atoms with van der Waals surface area (Å²) in [6.45, 7) is 4.46. The van der Waals surface area contributed by atoms with Crippen molar-refractivity contribution in [2.75, 3.05) is 24.6 Å². The van der Waals surface area contributed by atoms with Gasteiger partial charge in [-0.15, -0.1) is 11.3 Å². The first-order chi connectivity index (χ1) is 12.3. The Balaban J connectivity index is 1.65. The fourth-order valence-electron chi connectivity index (χ4n) is 2.94. The second kappa shape index (κ2) is 7.29. The summed E-state index contributed by atoms with van der Waals surface area (Å²) in [4.78, 5) is 17.4. The number of hydrogen-bond donors (Lipinski definition) is 0. The molecule has 0 spiro atoms. The van der Waals surface area contributed by atoms with E-state index in [1.165, 1.54) is 4.88 Å². The first kappa shape index (κ1) is 16.2. The van der Waals surface area contributed by atoms with Crippen LogP contribution in [0.5, 0.6) is 0 Å². The Morgan fingerprint density at radius 2 is 2.20 bits per heavy atom. The van der Waals surface area contributed by atoms with E-state index in [1.807, 2.05) is 18.2 Å². The van der Waals surface area contributed by atoms with Crippen molar-refractivity contribution in [2.45, 2.75) is 19.4 Å². The van der Waals surface area contributed by atoms with Gasteiger partial charge in [0.25, 0.3) is 0 Å². The highest BCUT2D eigenvalue weighted by molar-refractivity contribution is 7.10. The van der Waals surface area contributed by atoms with Crippen LogP contribution < -0.4 is 4.90 Å². The number of rotatable bonds is 4. The predicted octanol–water partition coefficient (Wildman–Crippen LogP) is 3.74. The van der Waals surface area contributed by atoms with Crippen molar-refractivity contribution in [2.24, 2.45) is 0 Å². The number of pyridine rings is 1. The lowest BCUT2D eigenvalue weighted by Gasteiger charge is -2.33. The molecule has 4 heterocycles. The summed E-state index contributed by atoms with van der Waals surface area (Å²) in [7, 11) is 0. The minimum absolute atomic E-state index is 0.104. The molecule has 0 radical (unpaired) electrons. The highest BCUT2D eigenvalue weighted by Crippen LogP contribution is 2.29. The van der Waals surface area contributed by atoms with Crippen LogP contribution in [0.4, 0.5) is 5.82 Å². The molecule has 1 aliphatic rings. The molecular formula is C19H20N4OS. The molecule has 1 saturated heterocycles. The van der Waals surface area contributed by atoms with Crippen molar-refractivity contribution >= 4 is 17.2 Å². The molecule has 0 aromatic carbocycles.